The van der Waals surface area contributed by atoms with Gasteiger partial charge in [-0.2, -0.15) is 0 Å². The number of nitrogens with one attached hydrogen (secondary N) is 1. The average molecular weight is 474 g/mol. The van der Waals surface area contributed by atoms with Gasteiger partial charge in [-0.1, -0.05) is 50.2 Å². The first-order chi connectivity index (χ1) is 17.0. The van der Waals surface area contributed by atoms with Gasteiger partial charge in [-0.15, -0.1) is 0 Å². The van der Waals surface area contributed by atoms with Gasteiger partial charge in [0.1, 0.15) is 12.0 Å². The van der Waals surface area contributed by atoms with Gasteiger partial charge in [-0.3, -0.25) is 9.59 Å². The Balaban J connectivity index is 1.33. The largest absolute Gasteiger partial charge is 0.484 e. The van der Waals surface area contributed by atoms with Gasteiger partial charge in [0.25, 0.3) is 5.91 Å². The lowest BCUT2D eigenvalue weighted by Crippen LogP contribution is -2.42. The fourth-order valence-corrected chi connectivity index (χ4v) is 4.52. The first-order valence-corrected chi connectivity index (χ1v) is 12.3. The van der Waals surface area contributed by atoms with Crippen LogP contribution in [-0.4, -0.2) is 34.8 Å². The van der Waals surface area contributed by atoms with Crippen LogP contribution in [0.5, 0.6) is 5.75 Å². The van der Waals surface area contributed by atoms with Crippen molar-refractivity contribution in [2.24, 2.45) is 11.8 Å². The molecule has 2 aromatic carbocycles. The summed E-state index contributed by atoms with van der Waals surface area (Å²) in [4.78, 5) is 31.5. The monoisotopic (exact) mass is 473 g/mol. The number of oxazole rings is 1. The molecule has 7 heteroatoms. The van der Waals surface area contributed by atoms with Crippen LogP contribution in [0.4, 0.5) is 0 Å². The molecule has 35 heavy (non-hydrogen) atoms. The minimum Gasteiger partial charge on any atom is -0.484 e. The van der Waals surface area contributed by atoms with E-state index in [-0.39, 0.29) is 36.1 Å². The Hall–Kier alpha value is -3.61. The zero-order valence-corrected chi connectivity index (χ0v) is 20.2. The van der Waals surface area contributed by atoms with Gasteiger partial charge < -0.3 is 19.4 Å². The topological polar surface area (TPSA) is 84.7 Å². The second-order valence-corrected chi connectivity index (χ2v) is 9.68. The molecule has 5 rings (SSSR count). The van der Waals surface area contributed by atoms with Crippen molar-refractivity contribution in [2.45, 2.75) is 45.8 Å². The minimum atomic E-state index is -0.221. The first-order valence-electron chi connectivity index (χ1n) is 12.3. The van der Waals surface area contributed by atoms with E-state index in [0.717, 1.165) is 17.5 Å². The van der Waals surface area contributed by atoms with Crippen molar-refractivity contribution >= 4 is 11.8 Å². The van der Waals surface area contributed by atoms with Crippen LogP contribution in [0, 0.1) is 11.8 Å². The summed E-state index contributed by atoms with van der Waals surface area (Å²) in [5.74, 6) is 1.45. The molecule has 0 unspecified atom stereocenters. The number of carbonyl (C=O) groups excluding carboxylic acids is 2. The first kappa shape index (κ1) is 23.1. The van der Waals surface area contributed by atoms with Gasteiger partial charge in [0.2, 0.25) is 11.8 Å². The summed E-state index contributed by atoms with van der Waals surface area (Å²) >= 11 is 0. The molecule has 0 saturated heterocycles. The van der Waals surface area contributed by atoms with Crippen molar-refractivity contribution in [1.29, 1.82) is 0 Å². The maximum atomic E-state index is 13.1. The van der Waals surface area contributed by atoms with Crippen molar-refractivity contribution in [3.05, 3.63) is 83.1 Å². The third-order valence-electron chi connectivity index (χ3n) is 6.63. The minimum absolute atomic E-state index is 0.0807. The molecule has 182 valence electrons. The Morgan fingerprint density at radius 1 is 1.17 bits per heavy atom. The summed E-state index contributed by atoms with van der Waals surface area (Å²) in [6.07, 6.45) is 4.52. The molecule has 1 atom stereocenters. The molecule has 0 spiro atoms. The molecule has 1 aromatic heterocycles. The zero-order chi connectivity index (χ0) is 24.4. The van der Waals surface area contributed by atoms with Crippen molar-refractivity contribution in [2.75, 3.05) is 13.1 Å². The molecule has 2 amide bonds. The Morgan fingerprint density at radius 2 is 1.97 bits per heavy atom. The van der Waals surface area contributed by atoms with Gasteiger partial charge in [-0.05, 0) is 54.0 Å². The number of aromatic nitrogens is 1. The standard InChI is InChI=1S/C28H31N3O4/c1-18(2)28(33)31-13-12-20-10-11-22(14-23(20)26(31)21-6-4-3-5-7-21)34-17-25-30-24(16-35-25)27(32)29-15-19-8-9-19/h3-7,10-11,14,16,18-19,26H,8-9,12-13,15,17H2,1-2H3,(H,29,32)/t26-/m0/s1. The molecule has 1 aliphatic carbocycles. The van der Waals surface area contributed by atoms with Crippen molar-refractivity contribution in [1.82, 2.24) is 15.2 Å². The highest BCUT2D eigenvalue weighted by atomic mass is 16.5. The molecule has 1 fully saturated rings. The van der Waals surface area contributed by atoms with E-state index in [4.69, 9.17) is 9.15 Å². The fraction of sp³-hybridized carbons (Fsp3) is 0.393. The van der Waals surface area contributed by atoms with Crippen LogP contribution in [-0.2, 0) is 17.8 Å². The third kappa shape index (κ3) is 5.24. The number of hydrogen-bond acceptors (Lipinski definition) is 5. The number of benzene rings is 2. The molecule has 7 nitrogen and oxygen atoms in total. The average Bonchev–Trinajstić information content (AvgIpc) is 3.59. The summed E-state index contributed by atoms with van der Waals surface area (Å²) in [6.45, 7) is 5.36. The normalized spacial score (nSPS) is 17.2. The molecule has 3 aromatic rings. The van der Waals surface area contributed by atoms with Gasteiger partial charge in [0, 0.05) is 19.0 Å². The Labute approximate surface area is 205 Å². The number of fused-ring (bicyclic) bond motifs is 1. The number of hydrogen-bond donors (Lipinski definition) is 1. The van der Waals surface area contributed by atoms with Gasteiger partial charge >= 0.3 is 0 Å². The highest BCUT2D eigenvalue weighted by molar-refractivity contribution is 5.91. The Bertz CT molecular complexity index is 1200. The van der Waals surface area contributed by atoms with Gasteiger partial charge in [0.05, 0.1) is 6.04 Å². The summed E-state index contributed by atoms with van der Waals surface area (Å²) in [7, 11) is 0. The van der Waals surface area contributed by atoms with Crippen molar-refractivity contribution in [3.63, 3.8) is 0 Å². The number of rotatable bonds is 8. The maximum absolute atomic E-state index is 13.1. The summed E-state index contributed by atoms with van der Waals surface area (Å²) in [6, 6.07) is 16.0. The van der Waals surface area contributed by atoms with E-state index in [2.05, 4.69) is 28.5 Å². The summed E-state index contributed by atoms with van der Waals surface area (Å²) in [5, 5.41) is 2.89. The molecule has 1 aliphatic heterocycles. The van der Waals surface area contributed by atoms with Crippen molar-refractivity contribution in [3.8, 4) is 5.75 Å². The molecule has 0 bridgehead atoms. The van der Waals surface area contributed by atoms with E-state index in [0.29, 0.717) is 30.6 Å². The lowest BCUT2D eigenvalue weighted by molar-refractivity contribution is -0.136. The molecule has 1 N–H and O–H groups in total. The number of nitrogens with zero attached hydrogens (tertiary/aromatic N) is 2. The Morgan fingerprint density at radius 3 is 2.71 bits per heavy atom. The van der Waals surface area contributed by atoms with E-state index in [1.54, 1.807) is 0 Å². The molecule has 2 aliphatic rings. The molecular weight excluding hydrogens is 442 g/mol. The van der Waals surface area contributed by atoms with Crippen LogP contribution in [0.3, 0.4) is 0 Å². The van der Waals surface area contributed by atoms with Crippen LogP contribution >= 0.6 is 0 Å². The van der Waals surface area contributed by atoms with E-state index in [1.165, 1.54) is 24.7 Å². The second kappa shape index (κ2) is 9.94. The number of ether oxygens (including phenoxy) is 1. The van der Waals surface area contributed by atoms with Crippen molar-refractivity contribution < 1.29 is 18.7 Å². The summed E-state index contributed by atoms with van der Waals surface area (Å²) < 4.78 is 11.5. The van der Waals surface area contributed by atoms with Gasteiger partial charge in [0.15, 0.2) is 12.3 Å². The van der Waals surface area contributed by atoms with Crippen LogP contribution in [0.25, 0.3) is 0 Å². The van der Waals surface area contributed by atoms with E-state index in [1.807, 2.05) is 49.1 Å². The zero-order valence-electron chi connectivity index (χ0n) is 20.2. The van der Waals surface area contributed by atoms with E-state index >= 15 is 0 Å². The highest BCUT2D eigenvalue weighted by Gasteiger charge is 2.33. The maximum Gasteiger partial charge on any atom is 0.273 e. The molecule has 2 heterocycles. The van der Waals surface area contributed by atoms with Crippen LogP contribution in [0.2, 0.25) is 0 Å². The fourth-order valence-electron chi connectivity index (χ4n) is 4.52. The van der Waals surface area contributed by atoms with E-state index < -0.39 is 0 Å². The van der Waals surface area contributed by atoms with E-state index in [9.17, 15) is 9.59 Å². The Kier molecular flexibility index (Phi) is 6.57. The predicted molar refractivity (Wildman–Crippen MR) is 131 cm³/mol. The summed E-state index contributed by atoms with van der Waals surface area (Å²) in [5.41, 5.74) is 3.63. The lowest BCUT2D eigenvalue weighted by Gasteiger charge is -2.39. The highest BCUT2D eigenvalue weighted by Crippen LogP contribution is 2.38. The molecule has 1 saturated carbocycles. The number of amides is 2. The molecule has 0 radical (unpaired) electrons. The SMILES string of the molecule is CC(C)C(=O)N1CCc2ccc(OCc3nc(C(=O)NCC4CC4)co3)cc2[C@@H]1c1ccccc1. The van der Waals surface area contributed by atoms with Crippen LogP contribution in [0.1, 0.15) is 65.8 Å². The van der Waals surface area contributed by atoms with Crippen LogP contribution in [0.15, 0.2) is 59.2 Å². The van der Waals surface area contributed by atoms with Gasteiger partial charge in [-0.25, -0.2) is 4.98 Å². The predicted octanol–water partition coefficient (Wildman–Crippen LogP) is 4.52. The molecular formula is C28H31N3O4. The van der Waals surface area contributed by atoms with Crippen LogP contribution < -0.4 is 10.1 Å². The quantitative estimate of drug-likeness (QED) is 0.520. The third-order valence-corrected chi connectivity index (χ3v) is 6.63. The lowest BCUT2D eigenvalue weighted by atomic mass is 9.87. The second-order valence-electron chi connectivity index (χ2n) is 9.68. The smallest absolute Gasteiger partial charge is 0.273 e. The number of carbonyl (C=O) groups is 2.